The number of rotatable bonds is 5. The summed E-state index contributed by atoms with van der Waals surface area (Å²) >= 11 is 0. The summed E-state index contributed by atoms with van der Waals surface area (Å²) in [6, 6.07) is 55.6. The van der Waals surface area contributed by atoms with E-state index in [4.69, 9.17) is 0 Å². The number of nitrogens with zero attached hydrogens (tertiary/aromatic N) is 8. The first kappa shape index (κ1) is 40.2. The topological polar surface area (TPSA) is 153 Å². The third-order valence-corrected chi connectivity index (χ3v) is 11.9. The highest BCUT2D eigenvalue weighted by Gasteiger charge is 2.36. The predicted molar refractivity (Wildman–Crippen MR) is 245 cm³/mol. The fraction of sp³-hybridized carbons (Fsp3) is 0.0182. The Morgan fingerprint density at radius 1 is 0.364 bits per heavy atom. The maximum Gasteiger partial charge on any atom is 0.417 e. The van der Waals surface area contributed by atoms with Gasteiger partial charge in [-0.05, 0) is 119 Å². The lowest BCUT2D eigenvalue weighted by atomic mass is 9.90. The number of benzene rings is 8. The van der Waals surface area contributed by atoms with Crippen LogP contribution in [0.15, 0.2) is 152 Å². The van der Waals surface area contributed by atoms with Crippen molar-refractivity contribution in [1.29, 1.82) is 31.6 Å². The zero-order chi connectivity index (χ0) is 45.9. The molecule has 0 fully saturated rings. The lowest BCUT2D eigenvalue weighted by molar-refractivity contribution is -0.137. The van der Waals surface area contributed by atoms with Crippen LogP contribution >= 0.6 is 0 Å². The molecule has 8 aromatic carbocycles. The molecule has 2 aromatic heterocycles. The summed E-state index contributed by atoms with van der Waals surface area (Å²) in [5, 5.41) is 63.4. The summed E-state index contributed by atoms with van der Waals surface area (Å²) in [4.78, 5) is 0. The van der Waals surface area contributed by atoms with Gasteiger partial charge >= 0.3 is 6.18 Å². The summed E-state index contributed by atoms with van der Waals surface area (Å²) < 4.78 is 48.8. The molecule has 0 amide bonds. The maximum absolute atomic E-state index is 15.0. The van der Waals surface area contributed by atoms with Crippen molar-refractivity contribution in [3.05, 3.63) is 191 Å². The lowest BCUT2D eigenvalue weighted by Crippen LogP contribution is -2.10. The highest BCUT2D eigenvalue weighted by molar-refractivity contribution is 6.13. The lowest BCUT2D eigenvalue weighted by Gasteiger charge is -2.21. The number of hydrogen-bond acceptors (Lipinski definition) is 6. The van der Waals surface area contributed by atoms with Crippen LogP contribution in [-0.4, -0.2) is 9.13 Å². The van der Waals surface area contributed by atoms with Crippen LogP contribution in [0.3, 0.4) is 0 Å². The van der Waals surface area contributed by atoms with Gasteiger partial charge in [0.05, 0.1) is 109 Å². The van der Waals surface area contributed by atoms with E-state index in [1.807, 2.05) is 100 Å². The fourth-order valence-electron chi connectivity index (χ4n) is 9.08. The Labute approximate surface area is 374 Å². The van der Waals surface area contributed by atoms with Crippen molar-refractivity contribution in [3.63, 3.8) is 0 Å². The Bertz CT molecular complexity index is 3950. The van der Waals surface area contributed by atoms with Gasteiger partial charge in [0.15, 0.2) is 0 Å². The number of fused-ring (bicyclic) bond motifs is 6. The van der Waals surface area contributed by atoms with Crippen molar-refractivity contribution in [2.24, 2.45) is 0 Å². The van der Waals surface area contributed by atoms with Gasteiger partial charge in [0.1, 0.15) is 0 Å². The van der Waals surface area contributed by atoms with Crippen LogP contribution in [0.4, 0.5) is 13.2 Å². The van der Waals surface area contributed by atoms with Gasteiger partial charge in [-0.1, -0.05) is 54.6 Å². The molecule has 10 aromatic rings. The van der Waals surface area contributed by atoms with Crippen molar-refractivity contribution in [2.45, 2.75) is 6.18 Å². The van der Waals surface area contributed by atoms with Crippen LogP contribution in [0.1, 0.15) is 38.9 Å². The average molecular weight is 855 g/mol. The highest BCUT2D eigenvalue weighted by atomic mass is 19.4. The summed E-state index contributed by atoms with van der Waals surface area (Å²) in [6.07, 6.45) is -4.88. The van der Waals surface area contributed by atoms with Gasteiger partial charge < -0.3 is 9.13 Å². The van der Waals surface area contributed by atoms with E-state index in [-0.39, 0.29) is 16.7 Å². The summed E-state index contributed by atoms with van der Waals surface area (Å²) in [5.74, 6) is 0. The zero-order valence-corrected chi connectivity index (χ0v) is 34.1. The van der Waals surface area contributed by atoms with E-state index in [2.05, 4.69) is 30.3 Å². The van der Waals surface area contributed by atoms with Crippen LogP contribution in [0.5, 0.6) is 0 Å². The van der Waals surface area contributed by atoms with Crippen molar-refractivity contribution in [2.75, 3.05) is 0 Å². The largest absolute Gasteiger partial charge is 0.417 e. The quantitative estimate of drug-likeness (QED) is 0.168. The van der Waals surface area contributed by atoms with Crippen LogP contribution in [0.2, 0.25) is 0 Å². The van der Waals surface area contributed by atoms with Gasteiger partial charge in [-0.15, -0.1) is 0 Å². The Hall–Kier alpha value is -9.91. The highest BCUT2D eigenvalue weighted by Crippen LogP contribution is 2.45. The van der Waals surface area contributed by atoms with Crippen molar-refractivity contribution < 1.29 is 13.2 Å². The molecular weight excluding hydrogens is 830 g/mol. The predicted octanol–water partition coefficient (Wildman–Crippen LogP) is 13.1. The molecule has 0 unspecified atom stereocenters. The molecule has 8 nitrogen and oxygen atoms in total. The molecule has 0 saturated heterocycles. The Morgan fingerprint density at radius 2 is 0.803 bits per heavy atom. The van der Waals surface area contributed by atoms with Crippen LogP contribution in [0, 0.1) is 68.0 Å². The molecule has 0 aliphatic carbocycles. The van der Waals surface area contributed by atoms with E-state index in [0.717, 1.165) is 38.7 Å². The number of aromatic nitrogens is 2. The first-order chi connectivity index (χ1) is 32.1. The van der Waals surface area contributed by atoms with Crippen molar-refractivity contribution >= 4 is 43.6 Å². The molecule has 306 valence electrons. The third-order valence-electron chi connectivity index (χ3n) is 11.9. The molecule has 2 heterocycles. The maximum atomic E-state index is 15.0. The molecule has 66 heavy (non-hydrogen) atoms. The molecule has 0 radical (unpaired) electrons. The van der Waals surface area contributed by atoms with Crippen molar-refractivity contribution in [3.8, 4) is 81.2 Å². The van der Waals surface area contributed by atoms with E-state index in [9.17, 15) is 44.7 Å². The summed E-state index contributed by atoms with van der Waals surface area (Å²) in [5.41, 5.74) is 5.71. The fourth-order valence-corrected chi connectivity index (χ4v) is 9.08. The molecule has 0 bridgehead atoms. The SMILES string of the molecule is N#Cc1cc(C#N)cc(-c2ccc3c(c2)c2ccccc2n3-c2cc(C#N)c(-c3c(C#N)cccc3C(F)(F)F)cc2-n2c3ccccc3c3cc(-c4cc(C#N)cc(C#N)c4)ccc32)c1. The molecule has 0 atom stereocenters. The molecule has 0 aliphatic rings. The van der Waals surface area contributed by atoms with Crippen LogP contribution in [-0.2, 0) is 6.18 Å². The second kappa shape index (κ2) is 15.5. The second-order valence-corrected chi connectivity index (χ2v) is 15.6. The average Bonchev–Trinajstić information content (AvgIpc) is 3.87. The van der Waals surface area contributed by atoms with Crippen molar-refractivity contribution in [1.82, 2.24) is 9.13 Å². The molecule has 0 spiro atoms. The molecule has 0 aliphatic heterocycles. The van der Waals surface area contributed by atoms with Gasteiger partial charge in [0.2, 0.25) is 0 Å². The minimum absolute atomic E-state index is 0.0886. The summed E-state index contributed by atoms with van der Waals surface area (Å²) in [6.45, 7) is 0. The van der Waals surface area contributed by atoms with Crippen LogP contribution in [0.25, 0.3) is 88.4 Å². The van der Waals surface area contributed by atoms with Gasteiger partial charge in [0, 0.05) is 32.7 Å². The minimum atomic E-state index is -4.88. The smallest absolute Gasteiger partial charge is 0.307 e. The number of alkyl halides is 3. The van der Waals surface area contributed by atoms with E-state index < -0.39 is 17.3 Å². The Kier molecular flexibility index (Phi) is 9.41. The molecule has 11 heteroatoms. The normalized spacial score (nSPS) is 11.2. The zero-order valence-electron chi connectivity index (χ0n) is 34.1. The first-order valence-corrected chi connectivity index (χ1v) is 20.2. The van der Waals surface area contributed by atoms with E-state index in [0.29, 0.717) is 66.8 Å². The Balaban J connectivity index is 1.33. The molecule has 0 N–H and O–H groups in total. The summed E-state index contributed by atoms with van der Waals surface area (Å²) in [7, 11) is 0. The number of para-hydroxylation sites is 2. The number of hydrogen-bond donors (Lipinski definition) is 0. The van der Waals surface area contributed by atoms with E-state index >= 15 is 0 Å². The first-order valence-electron chi connectivity index (χ1n) is 20.2. The van der Waals surface area contributed by atoms with Gasteiger partial charge in [-0.2, -0.15) is 44.7 Å². The molecule has 0 saturated carbocycles. The van der Waals surface area contributed by atoms with Gasteiger partial charge in [-0.25, -0.2) is 0 Å². The monoisotopic (exact) mass is 854 g/mol. The molecule has 10 rings (SSSR count). The van der Waals surface area contributed by atoms with Crippen LogP contribution < -0.4 is 0 Å². The van der Waals surface area contributed by atoms with E-state index in [1.165, 1.54) is 24.3 Å². The van der Waals surface area contributed by atoms with Gasteiger partial charge in [-0.3, -0.25) is 0 Å². The standard InChI is InChI=1S/C55H25F3N8/c56-55(57,58)47-9-5-6-38(30-63)54(47)44-25-53(66-49-11-4-2-8-43(49)46-23-37(13-15-51(46)66)40-20-34(28-61)17-35(21-40)29-62)52(24-41(44)31-64)65-48-10-3-1-7-42(48)45-22-36(12-14-50(45)65)39-18-32(26-59)16-33(19-39)27-60/h1-25H. The Morgan fingerprint density at radius 3 is 1.24 bits per heavy atom. The number of nitriles is 6. The van der Waals surface area contributed by atoms with E-state index in [1.54, 1.807) is 36.4 Å². The second-order valence-electron chi connectivity index (χ2n) is 15.6. The molecular formula is C55H25F3N8. The number of halogens is 3. The minimum Gasteiger partial charge on any atom is -0.307 e. The van der Waals surface area contributed by atoms with Gasteiger partial charge in [0.25, 0.3) is 0 Å². The third kappa shape index (κ3) is 6.42.